The van der Waals surface area contributed by atoms with E-state index in [9.17, 15) is 4.79 Å². The summed E-state index contributed by atoms with van der Waals surface area (Å²) in [6.45, 7) is 1.83. The Balaban J connectivity index is 1.45. The first-order valence-electron chi connectivity index (χ1n) is 11.3. The van der Waals surface area contributed by atoms with Crippen LogP contribution in [0.3, 0.4) is 0 Å². The summed E-state index contributed by atoms with van der Waals surface area (Å²) in [7, 11) is 0. The number of fused-ring (bicyclic) bond motifs is 3. The summed E-state index contributed by atoms with van der Waals surface area (Å²) in [4.78, 5) is 20.6. The van der Waals surface area contributed by atoms with E-state index in [2.05, 4.69) is 78.9 Å². The molecule has 3 heterocycles. The monoisotopic (exact) mass is 475 g/mol. The van der Waals surface area contributed by atoms with Crippen molar-refractivity contribution < 1.29 is 4.79 Å². The molecule has 1 saturated heterocycles. The van der Waals surface area contributed by atoms with Crippen molar-refractivity contribution in [3.63, 3.8) is 0 Å². The van der Waals surface area contributed by atoms with Crippen molar-refractivity contribution in [3.8, 4) is 11.4 Å². The summed E-state index contributed by atoms with van der Waals surface area (Å²) in [5, 5.41) is 0. The van der Waals surface area contributed by atoms with E-state index in [4.69, 9.17) is 0 Å². The molecule has 3 aliphatic rings. The molecular weight excluding hydrogens is 450 g/mol. The van der Waals surface area contributed by atoms with Gasteiger partial charge in [-0.25, -0.2) is 4.98 Å². The molecule has 5 heteroatoms. The number of hydrogen-bond donors (Lipinski definition) is 0. The molecule has 0 N–H and O–H groups in total. The van der Waals surface area contributed by atoms with Crippen molar-refractivity contribution >= 4 is 21.8 Å². The Labute approximate surface area is 191 Å². The molecule has 0 bridgehead atoms. The highest BCUT2D eigenvalue weighted by atomic mass is 79.9. The summed E-state index contributed by atoms with van der Waals surface area (Å²) in [6, 6.07) is 16.9. The second kappa shape index (κ2) is 7.06. The minimum atomic E-state index is -0.564. The van der Waals surface area contributed by atoms with Crippen molar-refractivity contribution in [2.45, 2.75) is 44.1 Å². The predicted molar refractivity (Wildman–Crippen MR) is 125 cm³/mol. The second-order valence-corrected chi connectivity index (χ2v) is 10.4. The van der Waals surface area contributed by atoms with Crippen molar-refractivity contribution in [1.82, 2.24) is 14.5 Å². The third kappa shape index (κ3) is 2.85. The van der Waals surface area contributed by atoms with Gasteiger partial charge < -0.3 is 9.47 Å². The molecule has 31 heavy (non-hydrogen) atoms. The topological polar surface area (TPSA) is 38.1 Å². The molecular formula is C26H26BrN3O. The van der Waals surface area contributed by atoms with E-state index in [1.165, 1.54) is 31.2 Å². The molecule has 1 spiro atoms. The van der Waals surface area contributed by atoms with Gasteiger partial charge in [0.25, 0.3) is 0 Å². The van der Waals surface area contributed by atoms with Crippen LogP contribution in [0.15, 0.2) is 65.4 Å². The van der Waals surface area contributed by atoms with E-state index in [0.29, 0.717) is 11.8 Å². The first kappa shape index (κ1) is 19.3. The van der Waals surface area contributed by atoms with Crippen molar-refractivity contribution in [1.29, 1.82) is 0 Å². The van der Waals surface area contributed by atoms with Crippen LogP contribution in [0.1, 0.15) is 49.7 Å². The molecule has 2 aliphatic heterocycles. The van der Waals surface area contributed by atoms with Gasteiger partial charge in [-0.05, 0) is 47.9 Å². The number of carbonyl (C=O) groups excluding carboxylic acids is 1. The molecule has 2 aromatic carbocycles. The standard InChI is InChI=1S/C26H26BrN3O/c27-20-9-7-19(8-10-20)26(17-23(31)29-15-13-25(18-29)11-3-4-12-25)22-6-2-1-5-21(22)24-28-14-16-30(24)26/h1-2,5-10,14,16H,3-4,11-13,15,17-18H2. The summed E-state index contributed by atoms with van der Waals surface area (Å²) >= 11 is 3.57. The Morgan fingerprint density at radius 1 is 1.03 bits per heavy atom. The van der Waals surface area contributed by atoms with Gasteiger partial charge in [-0.15, -0.1) is 0 Å². The highest BCUT2D eigenvalue weighted by Gasteiger charge is 2.49. The predicted octanol–water partition coefficient (Wildman–Crippen LogP) is 5.60. The quantitative estimate of drug-likeness (QED) is 0.494. The van der Waals surface area contributed by atoms with Gasteiger partial charge in [0, 0.05) is 35.5 Å². The van der Waals surface area contributed by atoms with Crippen LogP contribution in [0.25, 0.3) is 11.4 Å². The number of aromatic nitrogens is 2. The summed E-state index contributed by atoms with van der Waals surface area (Å²) < 4.78 is 3.26. The minimum absolute atomic E-state index is 0.253. The fourth-order valence-corrected chi connectivity index (χ4v) is 6.56. The summed E-state index contributed by atoms with van der Waals surface area (Å²) in [5.41, 5.74) is 3.24. The van der Waals surface area contributed by atoms with Crippen LogP contribution >= 0.6 is 15.9 Å². The number of amides is 1. The van der Waals surface area contributed by atoms with Crippen LogP contribution in [0.5, 0.6) is 0 Å². The van der Waals surface area contributed by atoms with Gasteiger partial charge in [0.15, 0.2) is 0 Å². The maximum atomic E-state index is 13.8. The molecule has 2 fully saturated rings. The van der Waals surface area contributed by atoms with Gasteiger partial charge in [0.05, 0.1) is 6.42 Å². The van der Waals surface area contributed by atoms with E-state index < -0.39 is 5.54 Å². The Hall–Kier alpha value is -2.40. The first-order valence-corrected chi connectivity index (χ1v) is 12.1. The summed E-state index contributed by atoms with van der Waals surface area (Å²) in [6.07, 6.45) is 10.7. The largest absolute Gasteiger partial charge is 0.342 e. The van der Waals surface area contributed by atoms with E-state index in [-0.39, 0.29) is 5.91 Å². The minimum Gasteiger partial charge on any atom is -0.342 e. The zero-order chi connectivity index (χ0) is 21.1. The lowest BCUT2D eigenvalue weighted by Crippen LogP contribution is -2.41. The van der Waals surface area contributed by atoms with E-state index in [1.54, 1.807) is 0 Å². The number of nitrogens with zero attached hydrogens (tertiary/aromatic N) is 3. The number of likely N-dealkylation sites (tertiary alicyclic amines) is 1. The third-order valence-corrected chi connectivity index (χ3v) is 8.38. The van der Waals surface area contributed by atoms with E-state index in [1.807, 2.05) is 12.4 Å². The molecule has 1 aliphatic carbocycles. The highest BCUT2D eigenvalue weighted by Crippen LogP contribution is 2.50. The number of halogens is 1. The Bertz CT molecular complexity index is 1150. The van der Waals surface area contributed by atoms with Crippen molar-refractivity contribution in [2.75, 3.05) is 13.1 Å². The lowest BCUT2D eigenvalue weighted by atomic mass is 9.79. The van der Waals surface area contributed by atoms with Crippen molar-refractivity contribution in [2.24, 2.45) is 5.41 Å². The Kier molecular flexibility index (Phi) is 4.39. The molecule has 1 amide bonds. The van der Waals surface area contributed by atoms with Gasteiger partial charge in [0.2, 0.25) is 5.91 Å². The first-order chi connectivity index (χ1) is 15.1. The average Bonchev–Trinajstić information content (AvgIpc) is 3.57. The smallest absolute Gasteiger partial charge is 0.225 e. The molecule has 4 nitrogen and oxygen atoms in total. The summed E-state index contributed by atoms with van der Waals surface area (Å²) in [5.74, 6) is 1.20. The van der Waals surface area contributed by atoms with Crippen LogP contribution in [-0.2, 0) is 10.3 Å². The molecule has 0 radical (unpaired) electrons. The Morgan fingerprint density at radius 2 is 1.81 bits per heavy atom. The van der Waals surface area contributed by atoms with Gasteiger partial charge in [-0.2, -0.15) is 0 Å². The fraction of sp³-hybridized carbons (Fsp3) is 0.385. The van der Waals surface area contributed by atoms with E-state index in [0.717, 1.165) is 40.9 Å². The van der Waals surface area contributed by atoms with Crippen LogP contribution in [0.2, 0.25) is 0 Å². The number of imidazole rings is 1. The normalized spacial score (nSPS) is 23.3. The molecule has 6 rings (SSSR count). The number of rotatable bonds is 3. The van der Waals surface area contributed by atoms with E-state index >= 15 is 0 Å². The van der Waals surface area contributed by atoms with Gasteiger partial charge in [-0.3, -0.25) is 4.79 Å². The van der Waals surface area contributed by atoms with Crippen LogP contribution in [0.4, 0.5) is 0 Å². The van der Waals surface area contributed by atoms with Crippen LogP contribution in [-0.4, -0.2) is 33.4 Å². The zero-order valence-electron chi connectivity index (χ0n) is 17.6. The van der Waals surface area contributed by atoms with Crippen molar-refractivity contribution in [3.05, 3.63) is 76.5 Å². The average molecular weight is 476 g/mol. The second-order valence-electron chi connectivity index (χ2n) is 9.48. The highest BCUT2D eigenvalue weighted by molar-refractivity contribution is 9.10. The molecule has 1 unspecified atom stereocenters. The Morgan fingerprint density at radius 3 is 2.61 bits per heavy atom. The number of hydrogen-bond acceptors (Lipinski definition) is 2. The van der Waals surface area contributed by atoms with Gasteiger partial charge >= 0.3 is 0 Å². The molecule has 158 valence electrons. The lowest BCUT2D eigenvalue weighted by molar-refractivity contribution is -0.131. The SMILES string of the molecule is O=C(CC1(c2ccc(Br)cc2)c2ccccc2-c2nccn21)N1CCC2(CCCC2)C1. The number of carbonyl (C=O) groups is 1. The lowest BCUT2D eigenvalue weighted by Gasteiger charge is -2.35. The van der Waals surface area contributed by atoms with Crippen LogP contribution < -0.4 is 0 Å². The zero-order valence-corrected chi connectivity index (χ0v) is 19.1. The molecule has 1 aromatic heterocycles. The van der Waals surface area contributed by atoms with Gasteiger partial charge in [-0.1, -0.05) is 65.2 Å². The molecule has 1 saturated carbocycles. The molecule has 1 atom stereocenters. The number of benzene rings is 2. The molecule has 3 aromatic rings. The maximum Gasteiger partial charge on any atom is 0.225 e. The third-order valence-electron chi connectivity index (χ3n) is 7.85. The van der Waals surface area contributed by atoms with Crippen LogP contribution in [0, 0.1) is 5.41 Å². The van der Waals surface area contributed by atoms with Gasteiger partial charge in [0.1, 0.15) is 11.4 Å². The maximum absolute atomic E-state index is 13.8. The fourth-order valence-electron chi connectivity index (χ4n) is 6.29.